The van der Waals surface area contributed by atoms with Gasteiger partial charge < -0.3 is 11.1 Å². The predicted molar refractivity (Wildman–Crippen MR) is 60.8 cm³/mol. The first-order valence-electron chi connectivity index (χ1n) is 4.87. The molecule has 0 bridgehead atoms. The molecule has 0 saturated carbocycles. The summed E-state index contributed by atoms with van der Waals surface area (Å²) in [6, 6.07) is 4.12. The Bertz CT molecular complexity index is 557. The van der Waals surface area contributed by atoms with E-state index in [-0.39, 0.29) is 17.6 Å². The molecular weight excluding hydrogens is 226 g/mol. The third kappa shape index (κ3) is 2.47. The summed E-state index contributed by atoms with van der Waals surface area (Å²) < 4.78 is 26.2. The molecule has 88 valence electrons. The van der Waals surface area contributed by atoms with Crippen molar-refractivity contribution in [2.24, 2.45) is 0 Å². The molecule has 17 heavy (non-hydrogen) atoms. The van der Waals surface area contributed by atoms with Crippen molar-refractivity contribution in [2.45, 2.75) is 6.92 Å². The highest BCUT2D eigenvalue weighted by molar-refractivity contribution is 5.60. The van der Waals surface area contributed by atoms with E-state index in [0.717, 1.165) is 6.20 Å². The van der Waals surface area contributed by atoms with E-state index >= 15 is 0 Å². The number of nitrogens with one attached hydrogen (secondary N) is 1. The SMILES string of the molecule is Cc1cc(F)ccc1Nc1nc(N)ncc1F. The van der Waals surface area contributed by atoms with Crippen LogP contribution in [-0.2, 0) is 0 Å². The summed E-state index contributed by atoms with van der Waals surface area (Å²) in [7, 11) is 0. The number of nitrogen functional groups attached to an aromatic ring is 1. The van der Waals surface area contributed by atoms with Gasteiger partial charge in [0.05, 0.1) is 6.20 Å². The van der Waals surface area contributed by atoms with Gasteiger partial charge in [0.25, 0.3) is 0 Å². The van der Waals surface area contributed by atoms with Crippen molar-refractivity contribution in [2.75, 3.05) is 11.1 Å². The molecule has 4 nitrogen and oxygen atoms in total. The first-order chi connectivity index (χ1) is 8.06. The van der Waals surface area contributed by atoms with Crippen LogP contribution < -0.4 is 11.1 Å². The van der Waals surface area contributed by atoms with Gasteiger partial charge in [-0.3, -0.25) is 0 Å². The Morgan fingerprint density at radius 1 is 1.29 bits per heavy atom. The minimum Gasteiger partial charge on any atom is -0.368 e. The Morgan fingerprint density at radius 3 is 2.76 bits per heavy atom. The molecule has 3 N–H and O–H groups in total. The predicted octanol–water partition coefficient (Wildman–Crippen LogP) is 2.39. The zero-order chi connectivity index (χ0) is 12.4. The first kappa shape index (κ1) is 11.3. The lowest BCUT2D eigenvalue weighted by atomic mass is 10.2. The molecule has 6 heteroatoms. The van der Waals surface area contributed by atoms with Crippen molar-refractivity contribution in [3.05, 3.63) is 41.6 Å². The van der Waals surface area contributed by atoms with Gasteiger partial charge in [-0.25, -0.2) is 13.8 Å². The van der Waals surface area contributed by atoms with E-state index in [2.05, 4.69) is 15.3 Å². The highest BCUT2D eigenvalue weighted by Gasteiger charge is 2.07. The molecule has 1 aromatic heterocycles. The molecule has 1 heterocycles. The number of nitrogens with two attached hydrogens (primary N) is 1. The van der Waals surface area contributed by atoms with Crippen molar-refractivity contribution in [1.82, 2.24) is 9.97 Å². The highest BCUT2D eigenvalue weighted by Crippen LogP contribution is 2.21. The topological polar surface area (TPSA) is 63.8 Å². The Hall–Kier alpha value is -2.24. The number of halogens is 2. The average Bonchev–Trinajstić information content (AvgIpc) is 2.27. The number of aryl methyl sites for hydroxylation is 1. The van der Waals surface area contributed by atoms with E-state index in [1.807, 2.05) is 0 Å². The van der Waals surface area contributed by atoms with Crippen LogP contribution in [0.1, 0.15) is 5.56 Å². The molecule has 0 atom stereocenters. The lowest BCUT2D eigenvalue weighted by Crippen LogP contribution is -2.03. The molecule has 0 amide bonds. The van der Waals surface area contributed by atoms with E-state index < -0.39 is 5.82 Å². The van der Waals surface area contributed by atoms with E-state index in [0.29, 0.717) is 11.3 Å². The van der Waals surface area contributed by atoms with Crippen molar-refractivity contribution >= 4 is 17.5 Å². The fourth-order valence-corrected chi connectivity index (χ4v) is 1.36. The largest absolute Gasteiger partial charge is 0.368 e. The van der Waals surface area contributed by atoms with Gasteiger partial charge in [0, 0.05) is 5.69 Å². The molecular formula is C11H10F2N4. The molecule has 0 radical (unpaired) electrons. The van der Waals surface area contributed by atoms with Crippen molar-refractivity contribution < 1.29 is 8.78 Å². The van der Waals surface area contributed by atoms with Crippen LogP contribution >= 0.6 is 0 Å². The van der Waals surface area contributed by atoms with E-state index in [1.165, 1.54) is 18.2 Å². The molecule has 0 fully saturated rings. The van der Waals surface area contributed by atoms with Gasteiger partial charge in [-0.2, -0.15) is 4.98 Å². The monoisotopic (exact) mass is 236 g/mol. The average molecular weight is 236 g/mol. The summed E-state index contributed by atoms with van der Waals surface area (Å²) in [6.45, 7) is 1.70. The normalized spacial score (nSPS) is 10.3. The van der Waals surface area contributed by atoms with E-state index in [1.54, 1.807) is 6.92 Å². The van der Waals surface area contributed by atoms with E-state index in [9.17, 15) is 8.78 Å². The molecule has 2 aromatic rings. The summed E-state index contributed by atoms with van der Waals surface area (Å²) in [4.78, 5) is 7.23. The number of aromatic nitrogens is 2. The van der Waals surface area contributed by atoms with Gasteiger partial charge in [-0.15, -0.1) is 0 Å². The van der Waals surface area contributed by atoms with Crippen LogP contribution in [0.5, 0.6) is 0 Å². The van der Waals surface area contributed by atoms with Crippen LogP contribution in [0.15, 0.2) is 24.4 Å². The quantitative estimate of drug-likeness (QED) is 0.840. The Kier molecular flexibility index (Phi) is 2.86. The second-order valence-electron chi connectivity index (χ2n) is 3.51. The van der Waals surface area contributed by atoms with Gasteiger partial charge >= 0.3 is 0 Å². The maximum absolute atomic E-state index is 13.3. The molecule has 2 rings (SSSR count). The lowest BCUT2D eigenvalue weighted by molar-refractivity contribution is 0.619. The molecule has 0 saturated heterocycles. The maximum Gasteiger partial charge on any atom is 0.222 e. The Morgan fingerprint density at radius 2 is 2.06 bits per heavy atom. The number of hydrogen-bond donors (Lipinski definition) is 2. The molecule has 0 aliphatic rings. The molecule has 0 spiro atoms. The summed E-state index contributed by atoms with van der Waals surface area (Å²) in [6.07, 6.45) is 0.976. The van der Waals surface area contributed by atoms with Crippen LogP contribution in [-0.4, -0.2) is 9.97 Å². The van der Waals surface area contributed by atoms with Crippen LogP contribution in [0.3, 0.4) is 0 Å². The number of nitrogens with zero attached hydrogens (tertiary/aromatic N) is 2. The number of rotatable bonds is 2. The van der Waals surface area contributed by atoms with Gasteiger partial charge in [-0.05, 0) is 30.7 Å². The molecule has 0 aliphatic carbocycles. The van der Waals surface area contributed by atoms with Crippen LogP contribution in [0.2, 0.25) is 0 Å². The Balaban J connectivity index is 2.34. The van der Waals surface area contributed by atoms with Crippen LogP contribution in [0.25, 0.3) is 0 Å². The molecule has 0 aliphatic heterocycles. The van der Waals surface area contributed by atoms with E-state index in [4.69, 9.17) is 5.73 Å². The fraction of sp³-hybridized carbons (Fsp3) is 0.0909. The van der Waals surface area contributed by atoms with Crippen molar-refractivity contribution in [3.63, 3.8) is 0 Å². The second kappa shape index (κ2) is 4.32. The number of benzene rings is 1. The fourth-order valence-electron chi connectivity index (χ4n) is 1.36. The van der Waals surface area contributed by atoms with Gasteiger partial charge in [0.2, 0.25) is 5.95 Å². The van der Waals surface area contributed by atoms with Gasteiger partial charge in [0.15, 0.2) is 11.6 Å². The summed E-state index contributed by atoms with van der Waals surface area (Å²) in [5.41, 5.74) is 6.55. The van der Waals surface area contributed by atoms with Gasteiger partial charge in [0.1, 0.15) is 5.82 Å². The smallest absolute Gasteiger partial charge is 0.222 e. The second-order valence-corrected chi connectivity index (χ2v) is 3.51. The van der Waals surface area contributed by atoms with Crippen molar-refractivity contribution in [3.8, 4) is 0 Å². The summed E-state index contributed by atoms with van der Waals surface area (Å²) in [5.74, 6) is -1.04. The third-order valence-corrected chi connectivity index (χ3v) is 2.20. The summed E-state index contributed by atoms with van der Waals surface area (Å²) >= 11 is 0. The van der Waals surface area contributed by atoms with Crippen LogP contribution in [0.4, 0.5) is 26.2 Å². The summed E-state index contributed by atoms with van der Waals surface area (Å²) in [5, 5.41) is 2.74. The zero-order valence-corrected chi connectivity index (χ0v) is 9.04. The van der Waals surface area contributed by atoms with Crippen molar-refractivity contribution in [1.29, 1.82) is 0 Å². The minimum absolute atomic E-state index is 0.0336. The number of anilines is 3. The molecule has 0 unspecified atom stereocenters. The Labute approximate surface area is 96.5 Å². The lowest BCUT2D eigenvalue weighted by Gasteiger charge is -2.09. The molecule has 1 aromatic carbocycles. The van der Waals surface area contributed by atoms with Gasteiger partial charge in [-0.1, -0.05) is 0 Å². The maximum atomic E-state index is 13.3. The zero-order valence-electron chi connectivity index (χ0n) is 9.04. The minimum atomic E-state index is -0.622. The first-order valence-corrected chi connectivity index (χ1v) is 4.87. The number of hydrogen-bond acceptors (Lipinski definition) is 4. The standard InChI is InChI=1S/C11H10F2N4/c1-6-4-7(12)2-3-9(6)16-10-8(13)5-15-11(14)17-10/h2-5H,1H3,(H3,14,15,16,17). The third-order valence-electron chi connectivity index (χ3n) is 2.20. The highest BCUT2D eigenvalue weighted by atomic mass is 19.1. The van der Waals surface area contributed by atoms with Crippen LogP contribution in [0, 0.1) is 18.6 Å².